The van der Waals surface area contributed by atoms with Crippen LogP contribution in [0.2, 0.25) is 0 Å². The Labute approximate surface area is 211 Å². The van der Waals surface area contributed by atoms with Gasteiger partial charge in [-0.2, -0.15) is 4.99 Å². The molecule has 2 aromatic carbocycles. The van der Waals surface area contributed by atoms with E-state index in [1.807, 2.05) is 44.2 Å². The Bertz CT molecular complexity index is 1190. The Kier molecular flexibility index (Phi) is 7.55. The third-order valence-electron chi connectivity index (χ3n) is 5.66. The second-order valence-electron chi connectivity index (χ2n) is 8.79. The van der Waals surface area contributed by atoms with E-state index in [0.717, 1.165) is 47.0 Å². The first-order valence-corrected chi connectivity index (χ1v) is 12.0. The molecular weight excluding hydrogens is 461 g/mol. The fourth-order valence-electron chi connectivity index (χ4n) is 4.18. The van der Waals surface area contributed by atoms with Gasteiger partial charge in [-0.25, -0.2) is 14.4 Å². The molecule has 7 nitrogen and oxygen atoms in total. The lowest BCUT2D eigenvalue weighted by molar-refractivity contribution is 0.385. The predicted molar refractivity (Wildman–Crippen MR) is 145 cm³/mol. The number of aliphatic imine (C=N–C) groups is 1. The van der Waals surface area contributed by atoms with E-state index in [2.05, 4.69) is 50.3 Å². The number of hydrogen-bond acceptors (Lipinski definition) is 4. The number of aromatic nitrogens is 2. The molecular formula is C26H30FN7S. The molecule has 182 valence electrons. The molecule has 1 aliphatic rings. The van der Waals surface area contributed by atoms with Gasteiger partial charge in [-0.3, -0.25) is 5.32 Å². The molecule has 9 heteroatoms. The smallest absolute Gasteiger partial charge is 0.229 e. The highest BCUT2D eigenvalue weighted by atomic mass is 32.1. The van der Waals surface area contributed by atoms with Gasteiger partial charge in [-0.15, -0.1) is 0 Å². The largest absolute Gasteiger partial charge is 0.368 e. The lowest BCUT2D eigenvalue weighted by Gasteiger charge is -2.37. The molecule has 0 radical (unpaired) electrons. The van der Waals surface area contributed by atoms with Crippen molar-refractivity contribution < 1.29 is 4.39 Å². The molecule has 0 saturated carbocycles. The standard InChI is InChI=1S/C26H30FN7S/c1-17-13-18(2)15-22(14-17)30-26(35)32-25(31-24-28-19(3)16-20(4)29-24)34-11-9-33(10-12-34)23-7-5-21(27)6-8-23/h5-8,13-16H,9-12H2,1-4H3,(H2,28,29,30,31,32,35). The van der Waals surface area contributed by atoms with Gasteiger partial charge in [0.15, 0.2) is 0 Å². The van der Waals surface area contributed by atoms with E-state index in [1.165, 1.54) is 12.1 Å². The second-order valence-corrected chi connectivity index (χ2v) is 9.18. The first-order valence-electron chi connectivity index (χ1n) is 11.6. The Morgan fingerprint density at radius 2 is 1.46 bits per heavy atom. The predicted octanol–water partition coefficient (Wildman–Crippen LogP) is 4.84. The second kappa shape index (κ2) is 10.8. The number of hydrogen-bond donors (Lipinski definition) is 2. The van der Waals surface area contributed by atoms with Crippen molar-refractivity contribution in [3.8, 4) is 0 Å². The molecule has 4 rings (SSSR count). The molecule has 1 aromatic heterocycles. The molecule has 0 aliphatic carbocycles. The summed E-state index contributed by atoms with van der Waals surface area (Å²) in [4.78, 5) is 18.1. The summed E-state index contributed by atoms with van der Waals surface area (Å²) in [6.45, 7) is 10.9. The molecule has 0 bridgehead atoms. The molecule has 1 saturated heterocycles. The summed E-state index contributed by atoms with van der Waals surface area (Å²) in [6, 6.07) is 14.7. The van der Waals surface area contributed by atoms with Gasteiger partial charge >= 0.3 is 0 Å². The number of piperazine rings is 1. The Morgan fingerprint density at radius 3 is 2.06 bits per heavy atom. The number of thiocarbonyl (C=S) groups is 1. The maximum atomic E-state index is 13.3. The van der Waals surface area contributed by atoms with Crippen LogP contribution < -0.4 is 15.5 Å². The molecule has 0 amide bonds. The van der Waals surface area contributed by atoms with Gasteiger partial charge in [0.05, 0.1) is 0 Å². The summed E-state index contributed by atoms with van der Waals surface area (Å²) >= 11 is 5.60. The number of guanidine groups is 1. The summed E-state index contributed by atoms with van der Waals surface area (Å²) in [7, 11) is 0. The van der Waals surface area contributed by atoms with Crippen molar-refractivity contribution in [2.45, 2.75) is 27.7 Å². The third kappa shape index (κ3) is 6.73. The van der Waals surface area contributed by atoms with Crippen LogP contribution in [-0.4, -0.2) is 52.1 Å². The van der Waals surface area contributed by atoms with Gasteiger partial charge in [-0.05, 0) is 93.5 Å². The van der Waals surface area contributed by atoms with Crippen LogP contribution in [0.1, 0.15) is 22.5 Å². The lowest BCUT2D eigenvalue weighted by atomic mass is 10.1. The number of aryl methyl sites for hydroxylation is 4. The molecule has 2 N–H and O–H groups in total. The lowest BCUT2D eigenvalue weighted by Crippen LogP contribution is -2.51. The highest BCUT2D eigenvalue weighted by molar-refractivity contribution is 7.80. The van der Waals surface area contributed by atoms with Crippen molar-refractivity contribution in [3.05, 3.63) is 76.9 Å². The summed E-state index contributed by atoms with van der Waals surface area (Å²) < 4.78 is 13.3. The van der Waals surface area contributed by atoms with Gasteiger partial charge in [0.25, 0.3) is 0 Å². The summed E-state index contributed by atoms with van der Waals surface area (Å²) in [5.41, 5.74) is 5.95. The maximum Gasteiger partial charge on any atom is 0.229 e. The average Bonchev–Trinajstić information content (AvgIpc) is 2.78. The zero-order valence-electron chi connectivity index (χ0n) is 20.5. The highest BCUT2D eigenvalue weighted by Gasteiger charge is 2.22. The zero-order chi connectivity index (χ0) is 24.9. The van der Waals surface area contributed by atoms with Gasteiger partial charge < -0.3 is 15.1 Å². The number of nitrogens with one attached hydrogen (secondary N) is 2. The van der Waals surface area contributed by atoms with Gasteiger partial charge in [0, 0.05) is 48.9 Å². The van der Waals surface area contributed by atoms with E-state index < -0.39 is 0 Å². The first-order chi connectivity index (χ1) is 16.7. The minimum Gasteiger partial charge on any atom is -0.368 e. The van der Waals surface area contributed by atoms with Crippen molar-refractivity contribution in [1.82, 2.24) is 14.9 Å². The van der Waals surface area contributed by atoms with Crippen molar-refractivity contribution in [3.63, 3.8) is 0 Å². The van der Waals surface area contributed by atoms with Crippen molar-refractivity contribution >= 4 is 40.6 Å². The van der Waals surface area contributed by atoms with E-state index in [9.17, 15) is 4.39 Å². The molecule has 2 heterocycles. The van der Waals surface area contributed by atoms with Crippen LogP contribution in [0.15, 0.2) is 53.5 Å². The Balaban J connectivity index is 1.54. The highest BCUT2D eigenvalue weighted by Crippen LogP contribution is 2.18. The maximum absolute atomic E-state index is 13.3. The van der Waals surface area contributed by atoms with Crippen molar-refractivity contribution in [2.75, 3.05) is 41.7 Å². The number of anilines is 3. The van der Waals surface area contributed by atoms with Gasteiger partial charge in [0.2, 0.25) is 17.0 Å². The van der Waals surface area contributed by atoms with Crippen LogP contribution in [0.3, 0.4) is 0 Å². The quantitative estimate of drug-likeness (QED) is 0.309. The minimum atomic E-state index is -0.232. The van der Waals surface area contributed by atoms with Crippen LogP contribution in [0.4, 0.5) is 21.7 Å². The van der Waals surface area contributed by atoms with Gasteiger partial charge in [0.1, 0.15) is 5.82 Å². The molecule has 1 fully saturated rings. The number of benzene rings is 2. The average molecular weight is 492 g/mol. The molecule has 3 aromatic rings. The summed E-state index contributed by atoms with van der Waals surface area (Å²) in [6.07, 6.45) is 0. The minimum absolute atomic E-state index is 0.232. The van der Waals surface area contributed by atoms with Crippen LogP contribution in [0.25, 0.3) is 0 Å². The topological polar surface area (TPSA) is 68.7 Å². The molecule has 0 atom stereocenters. The number of rotatable bonds is 3. The fraction of sp³-hybridized carbons (Fsp3) is 0.308. The normalized spacial score (nSPS) is 14.1. The van der Waals surface area contributed by atoms with E-state index in [-0.39, 0.29) is 5.82 Å². The van der Waals surface area contributed by atoms with E-state index in [4.69, 9.17) is 17.2 Å². The molecule has 1 aliphatic heterocycles. The van der Waals surface area contributed by atoms with E-state index in [0.29, 0.717) is 30.1 Å². The monoisotopic (exact) mass is 491 g/mol. The number of halogens is 1. The van der Waals surface area contributed by atoms with Crippen LogP contribution >= 0.6 is 12.2 Å². The molecule has 35 heavy (non-hydrogen) atoms. The number of nitrogens with zero attached hydrogens (tertiary/aromatic N) is 5. The summed E-state index contributed by atoms with van der Waals surface area (Å²) in [5, 5.41) is 6.87. The van der Waals surface area contributed by atoms with Crippen LogP contribution in [-0.2, 0) is 0 Å². The zero-order valence-corrected chi connectivity index (χ0v) is 21.3. The van der Waals surface area contributed by atoms with Crippen molar-refractivity contribution in [1.29, 1.82) is 0 Å². The Morgan fingerprint density at radius 1 is 0.857 bits per heavy atom. The van der Waals surface area contributed by atoms with Gasteiger partial charge in [-0.1, -0.05) is 6.07 Å². The summed E-state index contributed by atoms with van der Waals surface area (Å²) in [5.74, 6) is 0.844. The fourth-order valence-corrected chi connectivity index (χ4v) is 4.39. The molecule has 0 spiro atoms. The van der Waals surface area contributed by atoms with Crippen molar-refractivity contribution in [2.24, 2.45) is 4.99 Å². The van der Waals surface area contributed by atoms with Crippen LogP contribution in [0, 0.1) is 33.5 Å². The SMILES string of the molecule is Cc1cc(C)cc(NC(=S)/N=C(/Nc2nc(C)cc(C)n2)N2CCN(c3ccc(F)cc3)CC2)c1. The van der Waals surface area contributed by atoms with E-state index in [1.54, 1.807) is 0 Å². The van der Waals surface area contributed by atoms with Crippen LogP contribution in [0.5, 0.6) is 0 Å². The first kappa shape index (κ1) is 24.5. The Hall–Kier alpha value is -3.59. The van der Waals surface area contributed by atoms with E-state index >= 15 is 0 Å². The molecule has 0 unspecified atom stereocenters. The third-order valence-corrected chi connectivity index (χ3v) is 5.85.